The minimum atomic E-state index is -0.259. The van der Waals surface area contributed by atoms with Crippen LogP contribution in [0, 0.1) is 0 Å². The molecule has 0 radical (unpaired) electrons. The fourth-order valence-electron chi connectivity index (χ4n) is 1.34. The zero-order valence-corrected chi connectivity index (χ0v) is 12.1. The summed E-state index contributed by atoms with van der Waals surface area (Å²) in [5.74, 6) is 0.482. The molecule has 0 aliphatic carbocycles. The average molecular weight is 301 g/mol. The molecule has 0 amide bonds. The standard InChI is InChI=1S/C12H17BrN2O2/c1-12(2,3)15-10-6-8(5-9(13)14-10)7-11(16)17-4/h5-6H,7H2,1-4H3,(H,14,15). The maximum absolute atomic E-state index is 11.2. The number of nitrogens with zero attached hydrogens (tertiary/aromatic N) is 1. The van der Waals surface area contributed by atoms with Gasteiger partial charge in [0.2, 0.25) is 0 Å². The molecule has 0 aliphatic heterocycles. The van der Waals surface area contributed by atoms with Crippen molar-refractivity contribution >= 4 is 27.7 Å². The molecule has 4 nitrogen and oxygen atoms in total. The molecule has 1 rings (SSSR count). The van der Waals surface area contributed by atoms with E-state index in [1.165, 1.54) is 7.11 Å². The SMILES string of the molecule is COC(=O)Cc1cc(Br)nc(NC(C)(C)C)c1. The van der Waals surface area contributed by atoms with Crippen molar-refractivity contribution in [2.75, 3.05) is 12.4 Å². The smallest absolute Gasteiger partial charge is 0.309 e. The Morgan fingerprint density at radius 3 is 2.65 bits per heavy atom. The molecule has 5 heteroatoms. The lowest BCUT2D eigenvalue weighted by molar-refractivity contribution is -0.139. The lowest BCUT2D eigenvalue weighted by Crippen LogP contribution is -2.26. The molecular formula is C12H17BrN2O2. The summed E-state index contributed by atoms with van der Waals surface area (Å²) in [6, 6.07) is 3.66. The van der Waals surface area contributed by atoms with Crippen molar-refractivity contribution < 1.29 is 9.53 Å². The molecule has 0 atom stereocenters. The van der Waals surface area contributed by atoms with Crippen LogP contribution in [0.5, 0.6) is 0 Å². The van der Waals surface area contributed by atoms with Gasteiger partial charge in [-0.15, -0.1) is 0 Å². The van der Waals surface area contributed by atoms with Crippen LogP contribution in [-0.2, 0) is 16.0 Å². The highest BCUT2D eigenvalue weighted by molar-refractivity contribution is 9.10. The number of carbonyl (C=O) groups is 1. The minimum absolute atomic E-state index is 0.0731. The number of carbonyl (C=O) groups excluding carboxylic acids is 1. The second-order valence-electron chi connectivity index (χ2n) is 4.81. The molecule has 1 aromatic rings. The van der Waals surface area contributed by atoms with Crippen molar-refractivity contribution in [2.45, 2.75) is 32.7 Å². The first-order valence-electron chi connectivity index (χ1n) is 5.31. The minimum Gasteiger partial charge on any atom is -0.469 e. The van der Waals surface area contributed by atoms with Crippen LogP contribution in [0.3, 0.4) is 0 Å². The lowest BCUT2D eigenvalue weighted by atomic mass is 10.1. The van der Waals surface area contributed by atoms with E-state index >= 15 is 0 Å². The molecule has 1 aromatic heterocycles. The van der Waals surface area contributed by atoms with Crippen molar-refractivity contribution in [2.24, 2.45) is 0 Å². The largest absolute Gasteiger partial charge is 0.469 e. The molecular weight excluding hydrogens is 284 g/mol. The zero-order chi connectivity index (χ0) is 13.1. The maximum atomic E-state index is 11.2. The van der Waals surface area contributed by atoms with Gasteiger partial charge < -0.3 is 10.1 Å². The average Bonchev–Trinajstić information content (AvgIpc) is 2.13. The van der Waals surface area contributed by atoms with Crippen LogP contribution in [0.1, 0.15) is 26.3 Å². The van der Waals surface area contributed by atoms with Crippen LogP contribution in [-0.4, -0.2) is 23.6 Å². The summed E-state index contributed by atoms with van der Waals surface area (Å²) in [6.07, 6.45) is 0.246. The number of halogens is 1. The Morgan fingerprint density at radius 2 is 2.12 bits per heavy atom. The monoisotopic (exact) mass is 300 g/mol. The fourth-order valence-corrected chi connectivity index (χ4v) is 1.82. The Kier molecular flexibility index (Phi) is 4.51. The summed E-state index contributed by atoms with van der Waals surface area (Å²) in [4.78, 5) is 15.5. The molecule has 0 saturated heterocycles. The van der Waals surface area contributed by atoms with Crippen LogP contribution in [0.15, 0.2) is 16.7 Å². The molecule has 0 fully saturated rings. The summed E-state index contributed by atoms with van der Waals surface area (Å²) in [5.41, 5.74) is 0.793. The fraction of sp³-hybridized carbons (Fsp3) is 0.500. The number of esters is 1. The number of hydrogen-bond donors (Lipinski definition) is 1. The van der Waals surface area contributed by atoms with Gasteiger partial charge in [-0.05, 0) is 54.4 Å². The van der Waals surface area contributed by atoms with Crippen LogP contribution in [0.4, 0.5) is 5.82 Å². The van der Waals surface area contributed by atoms with Crippen molar-refractivity contribution in [3.63, 3.8) is 0 Å². The molecule has 0 unspecified atom stereocenters. The summed E-state index contributed by atoms with van der Waals surface area (Å²) in [7, 11) is 1.38. The molecule has 0 aliphatic rings. The Labute approximate surface area is 110 Å². The molecule has 1 heterocycles. The van der Waals surface area contributed by atoms with Gasteiger partial charge in [-0.2, -0.15) is 0 Å². The van der Waals surface area contributed by atoms with Gasteiger partial charge in [0.1, 0.15) is 10.4 Å². The summed E-state index contributed by atoms with van der Waals surface area (Å²) in [6.45, 7) is 6.15. The molecule has 0 saturated carbocycles. The first-order valence-corrected chi connectivity index (χ1v) is 6.11. The second-order valence-corrected chi connectivity index (χ2v) is 5.62. The molecule has 94 valence electrons. The van der Waals surface area contributed by atoms with Crippen molar-refractivity contribution in [3.05, 3.63) is 22.3 Å². The van der Waals surface area contributed by atoms with Gasteiger partial charge >= 0.3 is 5.97 Å². The first kappa shape index (κ1) is 14.0. The van der Waals surface area contributed by atoms with Crippen molar-refractivity contribution in [1.29, 1.82) is 0 Å². The quantitative estimate of drug-likeness (QED) is 0.689. The molecule has 0 spiro atoms. The van der Waals surface area contributed by atoms with E-state index < -0.39 is 0 Å². The van der Waals surface area contributed by atoms with Crippen LogP contribution < -0.4 is 5.32 Å². The van der Waals surface area contributed by atoms with Gasteiger partial charge in [0.25, 0.3) is 0 Å². The number of methoxy groups -OCH3 is 1. The first-order chi connectivity index (χ1) is 7.80. The highest BCUT2D eigenvalue weighted by atomic mass is 79.9. The predicted molar refractivity (Wildman–Crippen MR) is 71.0 cm³/mol. The number of aromatic nitrogens is 1. The van der Waals surface area contributed by atoms with E-state index in [1.54, 1.807) is 0 Å². The van der Waals surface area contributed by atoms with E-state index in [2.05, 4.69) is 51.7 Å². The number of pyridine rings is 1. The number of anilines is 1. The number of hydrogen-bond acceptors (Lipinski definition) is 4. The van der Waals surface area contributed by atoms with Gasteiger partial charge in [0, 0.05) is 5.54 Å². The van der Waals surface area contributed by atoms with Gasteiger partial charge in [0.05, 0.1) is 13.5 Å². The molecule has 0 bridgehead atoms. The third kappa shape index (κ3) is 5.17. The van der Waals surface area contributed by atoms with Gasteiger partial charge in [-0.1, -0.05) is 0 Å². The second kappa shape index (κ2) is 5.49. The van der Waals surface area contributed by atoms with Crippen LogP contribution in [0.2, 0.25) is 0 Å². The van der Waals surface area contributed by atoms with Gasteiger partial charge in [-0.3, -0.25) is 4.79 Å². The van der Waals surface area contributed by atoms with E-state index in [0.717, 1.165) is 11.4 Å². The van der Waals surface area contributed by atoms with Gasteiger partial charge in [-0.25, -0.2) is 4.98 Å². The van der Waals surface area contributed by atoms with E-state index in [9.17, 15) is 4.79 Å². The number of ether oxygens (including phenoxy) is 1. The third-order valence-corrected chi connectivity index (χ3v) is 2.34. The summed E-state index contributed by atoms with van der Waals surface area (Å²) in [5, 5.41) is 3.26. The summed E-state index contributed by atoms with van der Waals surface area (Å²) < 4.78 is 5.34. The molecule has 0 aromatic carbocycles. The van der Waals surface area contributed by atoms with Crippen LogP contribution >= 0.6 is 15.9 Å². The highest BCUT2D eigenvalue weighted by Crippen LogP contribution is 2.19. The Hall–Kier alpha value is -1.10. The molecule has 17 heavy (non-hydrogen) atoms. The number of nitrogens with one attached hydrogen (secondary N) is 1. The maximum Gasteiger partial charge on any atom is 0.309 e. The zero-order valence-electron chi connectivity index (χ0n) is 10.5. The van der Waals surface area contributed by atoms with E-state index in [0.29, 0.717) is 4.60 Å². The van der Waals surface area contributed by atoms with E-state index in [1.807, 2.05) is 12.1 Å². The Balaban J connectivity index is 2.90. The molecule has 1 N–H and O–H groups in total. The van der Waals surface area contributed by atoms with Crippen LogP contribution in [0.25, 0.3) is 0 Å². The number of rotatable bonds is 3. The summed E-state index contributed by atoms with van der Waals surface area (Å²) >= 11 is 3.33. The third-order valence-electron chi connectivity index (χ3n) is 1.93. The topological polar surface area (TPSA) is 51.2 Å². The van der Waals surface area contributed by atoms with Gasteiger partial charge in [0.15, 0.2) is 0 Å². The van der Waals surface area contributed by atoms with Crippen molar-refractivity contribution in [3.8, 4) is 0 Å². The Morgan fingerprint density at radius 1 is 1.47 bits per heavy atom. The highest BCUT2D eigenvalue weighted by Gasteiger charge is 2.12. The lowest BCUT2D eigenvalue weighted by Gasteiger charge is -2.21. The van der Waals surface area contributed by atoms with Crippen molar-refractivity contribution in [1.82, 2.24) is 4.98 Å². The predicted octanol–water partition coefficient (Wildman–Crippen LogP) is 2.77. The van der Waals surface area contributed by atoms with E-state index in [4.69, 9.17) is 0 Å². The normalized spacial score (nSPS) is 11.1. The van der Waals surface area contributed by atoms with E-state index in [-0.39, 0.29) is 17.9 Å². The Bertz CT molecular complexity index is 413.